The minimum Gasteiger partial charge on any atom is -0.326 e. The van der Waals surface area contributed by atoms with Crippen molar-refractivity contribution < 1.29 is 0 Å². The Morgan fingerprint density at radius 2 is 1.81 bits per heavy atom. The molecule has 1 saturated heterocycles. The van der Waals surface area contributed by atoms with E-state index in [1.807, 2.05) is 0 Å². The van der Waals surface area contributed by atoms with Gasteiger partial charge >= 0.3 is 0 Å². The van der Waals surface area contributed by atoms with Gasteiger partial charge < -0.3 is 5.73 Å². The predicted molar refractivity (Wildman–Crippen MR) is 69.4 cm³/mol. The second kappa shape index (κ2) is 6.02. The van der Waals surface area contributed by atoms with Gasteiger partial charge in [-0.1, -0.05) is 26.2 Å². The molecule has 94 valence electrons. The van der Waals surface area contributed by atoms with Crippen LogP contribution in [0.15, 0.2) is 0 Å². The van der Waals surface area contributed by atoms with Crippen molar-refractivity contribution >= 4 is 0 Å². The first-order valence-corrected chi connectivity index (χ1v) is 7.31. The van der Waals surface area contributed by atoms with Crippen molar-refractivity contribution in [1.29, 1.82) is 0 Å². The highest BCUT2D eigenvalue weighted by Gasteiger charge is 2.28. The fourth-order valence-electron chi connectivity index (χ4n) is 3.52. The van der Waals surface area contributed by atoms with Gasteiger partial charge in [0.05, 0.1) is 0 Å². The van der Waals surface area contributed by atoms with Crippen LogP contribution in [0, 0.1) is 5.92 Å². The zero-order valence-corrected chi connectivity index (χ0v) is 10.8. The zero-order valence-electron chi connectivity index (χ0n) is 10.8. The molecule has 1 heterocycles. The van der Waals surface area contributed by atoms with Gasteiger partial charge in [0.1, 0.15) is 0 Å². The van der Waals surface area contributed by atoms with E-state index in [9.17, 15) is 0 Å². The van der Waals surface area contributed by atoms with E-state index < -0.39 is 0 Å². The van der Waals surface area contributed by atoms with Crippen LogP contribution in [-0.4, -0.2) is 30.1 Å². The van der Waals surface area contributed by atoms with Gasteiger partial charge in [0.2, 0.25) is 0 Å². The van der Waals surface area contributed by atoms with E-state index in [4.69, 9.17) is 5.73 Å². The summed E-state index contributed by atoms with van der Waals surface area (Å²) in [6.07, 6.45) is 10.9. The summed E-state index contributed by atoms with van der Waals surface area (Å²) in [6.45, 7) is 4.94. The lowest BCUT2D eigenvalue weighted by atomic mass is 9.89. The molecule has 1 saturated carbocycles. The van der Waals surface area contributed by atoms with Gasteiger partial charge in [0.25, 0.3) is 0 Å². The fraction of sp³-hybridized carbons (Fsp3) is 1.00. The Balaban J connectivity index is 1.88. The average Bonchev–Trinajstić information content (AvgIpc) is 2.55. The van der Waals surface area contributed by atoms with E-state index in [0.717, 1.165) is 5.92 Å². The Morgan fingerprint density at radius 3 is 2.56 bits per heavy atom. The maximum atomic E-state index is 6.29. The predicted octanol–water partition coefficient (Wildman–Crippen LogP) is 2.77. The molecule has 2 aliphatic rings. The number of rotatable bonds is 2. The van der Waals surface area contributed by atoms with E-state index in [1.165, 1.54) is 64.5 Å². The van der Waals surface area contributed by atoms with Crippen LogP contribution in [0.2, 0.25) is 0 Å². The largest absolute Gasteiger partial charge is 0.326 e. The molecule has 0 radical (unpaired) electrons. The second-order valence-electron chi connectivity index (χ2n) is 5.76. The van der Waals surface area contributed by atoms with Crippen molar-refractivity contribution in [3.63, 3.8) is 0 Å². The first-order valence-electron chi connectivity index (χ1n) is 7.31. The Kier molecular flexibility index (Phi) is 4.66. The summed E-state index contributed by atoms with van der Waals surface area (Å²) in [7, 11) is 0. The number of nitrogens with two attached hydrogens (primary N) is 1. The first kappa shape index (κ1) is 12.4. The van der Waals surface area contributed by atoms with E-state index in [1.54, 1.807) is 0 Å². The Bertz CT molecular complexity index is 205. The monoisotopic (exact) mass is 224 g/mol. The number of hydrogen-bond acceptors (Lipinski definition) is 2. The Morgan fingerprint density at radius 1 is 1.00 bits per heavy atom. The summed E-state index contributed by atoms with van der Waals surface area (Å²) in [5.41, 5.74) is 6.29. The molecular formula is C14H28N2. The van der Waals surface area contributed by atoms with E-state index >= 15 is 0 Å². The molecule has 2 heteroatoms. The maximum Gasteiger partial charge on any atom is 0.0247 e. The molecule has 0 aromatic rings. The second-order valence-corrected chi connectivity index (χ2v) is 5.76. The highest BCUT2D eigenvalue weighted by Crippen LogP contribution is 2.27. The fourth-order valence-corrected chi connectivity index (χ4v) is 3.52. The Hall–Kier alpha value is -0.0800. The molecule has 2 fully saturated rings. The molecule has 3 atom stereocenters. The molecule has 1 aliphatic carbocycles. The topological polar surface area (TPSA) is 29.3 Å². The summed E-state index contributed by atoms with van der Waals surface area (Å²) in [5.74, 6) is 0.977. The van der Waals surface area contributed by atoms with Crippen molar-refractivity contribution in [2.75, 3.05) is 13.1 Å². The minimum absolute atomic E-state index is 0.451. The third-order valence-corrected chi connectivity index (χ3v) is 4.71. The number of hydrogen-bond donors (Lipinski definition) is 1. The van der Waals surface area contributed by atoms with Crippen LogP contribution in [0.4, 0.5) is 0 Å². The van der Waals surface area contributed by atoms with E-state index in [0.29, 0.717) is 12.1 Å². The number of nitrogens with zero attached hydrogens (tertiary/aromatic N) is 1. The van der Waals surface area contributed by atoms with Crippen molar-refractivity contribution in [2.45, 2.75) is 70.4 Å². The van der Waals surface area contributed by atoms with Gasteiger partial charge in [0.15, 0.2) is 0 Å². The van der Waals surface area contributed by atoms with Crippen molar-refractivity contribution in [3.05, 3.63) is 0 Å². The highest BCUT2D eigenvalue weighted by molar-refractivity contribution is 4.87. The van der Waals surface area contributed by atoms with E-state index in [2.05, 4.69) is 11.8 Å². The van der Waals surface area contributed by atoms with Crippen LogP contribution >= 0.6 is 0 Å². The summed E-state index contributed by atoms with van der Waals surface area (Å²) < 4.78 is 0. The molecule has 2 N–H and O–H groups in total. The van der Waals surface area contributed by atoms with Crippen molar-refractivity contribution in [3.8, 4) is 0 Å². The summed E-state index contributed by atoms with van der Waals surface area (Å²) in [5, 5.41) is 0. The molecule has 0 aromatic heterocycles. The molecule has 0 amide bonds. The van der Waals surface area contributed by atoms with Gasteiger partial charge in [-0.2, -0.15) is 0 Å². The van der Waals surface area contributed by atoms with Gasteiger partial charge in [-0.05, 0) is 51.1 Å². The molecule has 2 rings (SSSR count). The van der Waals surface area contributed by atoms with E-state index in [-0.39, 0.29) is 0 Å². The highest BCUT2D eigenvalue weighted by atomic mass is 15.2. The SMILES string of the molecule is CCC1CCCN(C2CCCCC2N)CC1. The average molecular weight is 224 g/mol. The summed E-state index contributed by atoms with van der Waals surface area (Å²) in [6, 6.07) is 1.15. The van der Waals surface area contributed by atoms with Crippen molar-refractivity contribution in [1.82, 2.24) is 4.90 Å². The van der Waals surface area contributed by atoms with Gasteiger partial charge in [-0.15, -0.1) is 0 Å². The molecule has 0 bridgehead atoms. The van der Waals surface area contributed by atoms with Crippen LogP contribution in [0.5, 0.6) is 0 Å². The number of likely N-dealkylation sites (tertiary alicyclic amines) is 1. The Labute approximate surface area is 101 Å². The normalized spacial score (nSPS) is 38.2. The van der Waals surface area contributed by atoms with Gasteiger partial charge in [-0.25, -0.2) is 0 Å². The third kappa shape index (κ3) is 2.98. The summed E-state index contributed by atoms with van der Waals surface area (Å²) >= 11 is 0. The molecule has 0 aromatic carbocycles. The first-order chi connectivity index (χ1) is 7.81. The molecule has 0 spiro atoms. The molecule has 2 nitrogen and oxygen atoms in total. The summed E-state index contributed by atoms with van der Waals surface area (Å²) in [4.78, 5) is 2.71. The maximum absolute atomic E-state index is 6.29. The standard InChI is InChI=1S/C14H28N2/c1-2-12-6-5-10-16(11-9-12)14-8-4-3-7-13(14)15/h12-14H,2-11,15H2,1H3. The van der Waals surface area contributed by atoms with Crippen LogP contribution < -0.4 is 5.73 Å². The van der Waals surface area contributed by atoms with Gasteiger partial charge in [0, 0.05) is 12.1 Å². The lowest BCUT2D eigenvalue weighted by Gasteiger charge is -2.37. The van der Waals surface area contributed by atoms with Crippen LogP contribution in [0.1, 0.15) is 58.3 Å². The molecule has 1 aliphatic heterocycles. The van der Waals surface area contributed by atoms with Gasteiger partial charge in [-0.3, -0.25) is 4.90 Å². The van der Waals surface area contributed by atoms with Crippen LogP contribution in [0.3, 0.4) is 0 Å². The molecule has 3 unspecified atom stereocenters. The van der Waals surface area contributed by atoms with Crippen LogP contribution in [-0.2, 0) is 0 Å². The van der Waals surface area contributed by atoms with Crippen LogP contribution in [0.25, 0.3) is 0 Å². The van der Waals surface area contributed by atoms with Crippen molar-refractivity contribution in [2.24, 2.45) is 11.7 Å². The molecule has 16 heavy (non-hydrogen) atoms. The third-order valence-electron chi connectivity index (χ3n) is 4.71. The quantitative estimate of drug-likeness (QED) is 0.781. The minimum atomic E-state index is 0.451. The lowest BCUT2D eigenvalue weighted by Crippen LogP contribution is -2.49. The lowest BCUT2D eigenvalue weighted by molar-refractivity contribution is 0.140. The molecular weight excluding hydrogens is 196 g/mol. The zero-order chi connectivity index (χ0) is 11.4. The smallest absolute Gasteiger partial charge is 0.0247 e.